The number of hydrogen-bond acceptors (Lipinski definition) is 4. The zero-order valence-electron chi connectivity index (χ0n) is 8.15. The first kappa shape index (κ1) is 10.5. The van der Waals surface area contributed by atoms with Crippen molar-refractivity contribution in [1.29, 1.82) is 0 Å². The van der Waals surface area contributed by atoms with Crippen LogP contribution in [0.25, 0.3) is 0 Å². The number of methoxy groups -OCH3 is 1. The number of nitrogens with zero attached hydrogens (tertiary/aromatic N) is 2. The van der Waals surface area contributed by atoms with E-state index in [9.17, 15) is 14.4 Å². The molecule has 0 spiro atoms. The van der Waals surface area contributed by atoms with Crippen LogP contribution in [0.4, 0.5) is 4.79 Å². The van der Waals surface area contributed by atoms with Crippen LogP contribution >= 0.6 is 0 Å². The van der Waals surface area contributed by atoms with Gasteiger partial charge in [0.25, 0.3) is 0 Å². The van der Waals surface area contributed by atoms with Crippen LogP contribution in [-0.2, 0) is 14.3 Å². The van der Waals surface area contributed by atoms with Crippen molar-refractivity contribution in [1.82, 2.24) is 9.80 Å². The minimum Gasteiger partial charge on any atom is -0.468 e. The number of carbonyl (C=O) groups excluding carboxylic acids is 3. The third kappa shape index (κ3) is 2.01. The third-order valence-corrected chi connectivity index (χ3v) is 2.02. The SMILES string of the molecule is COC(=O)CN1CCN(C(C)=O)C1=O. The number of esters is 1. The molecule has 0 saturated carbocycles. The van der Waals surface area contributed by atoms with Gasteiger partial charge >= 0.3 is 12.0 Å². The summed E-state index contributed by atoms with van der Waals surface area (Å²) in [5.41, 5.74) is 0. The zero-order chi connectivity index (χ0) is 10.7. The van der Waals surface area contributed by atoms with Crippen LogP contribution < -0.4 is 0 Å². The van der Waals surface area contributed by atoms with Gasteiger partial charge in [-0.15, -0.1) is 0 Å². The molecule has 0 atom stereocenters. The zero-order valence-corrected chi connectivity index (χ0v) is 8.15. The van der Waals surface area contributed by atoms with Crippen molar-refractivity contribution in [2.75, 3.05) is 26.7 Å². The maximum Gasteiger partial charge on any atom is 0.327 e. The fraction of sp³-hybridized carbons (Fsp3) is 0.625. The van der Waals surface area contributed by atoms with Crippen LogP contribution in [-0.4, -0.2) is 54.5 Å². The molecule has 1 heterocycles. The Hall–Kier alpha value is -1.59. The molecule has 0 aliphatic carbocycles. The summed E-state index contributed by atoms with van der Waals surface area (Å²) in [6.07, 6.45) is 0. The summed E-state index contributed by atoms with van der Waals surface area (Å²) in [5.74, 6) is -0.786. The van der Waals surface area contributed by atoms with Crippen molar-refractivity contribution in [2.45, 2.75) is 6.92 Å². The molecule has 1 aliphatic rings. The van der Waals surface area contributed by atoms with Crippen LogP contribution in [0, 0.1) is 0 Å². The monoisotopic (exact) mass is 200 g/mol. The number of ether oxygens (including phenoxy) is 1. The normalized spacial score (nSPS) is 16.0. The lowest BCUT2D eigenvalue weighted by atomic mass is 10.5. The van der Waals surface area contributed by atoms with Gasteiger partial charge in [0, 0.05) is 20.0 Å². The summed E-state index contributed by atoms with van der Waals surface area (Å²) in [7, 11) is 1.26. The molecular weight excluding hydrogens is 188 g/mol. The van der Waals surface area contributed by atoms with E-state index in [1.807, 2.05) is 0 Å². The molecule has 14 heavy (non-hydrogen) atoms. The molecular formula is C8H12N2O4. The van der Waals surface area contributed by atoms with Crippen molar-refractivity contribution < 1.29 is 19.1 Å². The Morgan fingerprint density at radius 1 is 1.43 bits per heavy atom. The van der Waals surface area contributed by atoms with Gasteiger partial charge in [-0.3, -0.25) is 14.5 Å². The summed E-state index contributed by atoms with van der Waals surface area (Å²) >= 11 is 0. The third-order valence-electron chi connectivity index (χ3n) is 2.02. The van der Waals surface area contributed by atoms with E-state index in [1.54, 1.807) is 0 Å². The Morgan fingerprint density at radius 2 is 2.07 bits per heavy atom. The Morgan fingerprint density at radius 3 is 2.50 bits per heavy atom. The molecule has 6 heteroatoms. The molecule has 0 unspecified atom stereocenters. The predicted molar refractivity (Wildman–Crippen MR) is 46.4 cm³/mol. The van der Waals surface area contributed by atoms with Crippen molar-refractivity contribution in [2.24, 2.45) is 0 Å². The van der Waals surface area contributed by atoms with Crippen molar-refractivity contribution >= 4 is 17.9 Å². The van der Waals surface area contributed by atoms with Crippen LogP contribution in [0.15, 0.2) is 0 Å². The van der Waals surface area contributed by atoms with E-state index in [4.69, 9.17) is 0 Å². The molecule has 6 nitrogen and oxygen atoms in total. The maximum atomic E-state index is 11.4. The number of imide groups is 1. The molecule has 0 aromatic heterocycles. The minimum atomic E-state index is -0.483. The van der Waals surface area contributed by atoms with Gasteiger partial charge in [-0.25, -0.2) is 4.79 Å². The van der Waals surface area contributed by atoms with Gasteiger partial charge in [0.1, 0.15) is 6.54 Å². The lowest BCUT2D eigenvalue weighted by molar-refractivity contribution is -0.141. The first-order chi connectivity index (χ1) is 6.56. The van der Waals surface area contributed by atoms with Gasteiger partial charge in [0.05, 0.1) is 7.11 Å². The molecule has 1 rings (SSSR count). The second-order valence-electron chi connectivity index (χ2n) is 2.95. The summed E-state index contributed by atoms with van der Waals surface area (Å²) in [6, 6.07) is -0.428. The second kappa shape index (κ2) is 4.08. The van der Waals surface area contributed by atoms with Gasteiger partial charge < -0.3 is 9.64 Å². The lowest BCUT2D eigenvalue weighted by Crippen LogP contribution is -2.37. The summed E-state index contributed by atoms with van der Waals surface area (Å²) in [6.45, 7) is 1.94. The highest BCUT2D eigenvalue weighted by Crippen LogP contribution is 2.08. The molecule has 1 saturated heterocycles. The van der Waals surface area contributed by atoms with E-state index in [2.05, 4.69) is 4.74 Å². The number of urea groups is 1. The van der Waals surface area contributed by atoms with Gasteiger partial charge in [0.2, 0.25) is 5.91 Å². The lowest BCUT2D eigenvalue weighted by Gasteiger charge is -2.14. The molecule has 0 bridgehead atoms. The van der Waals surface area contributed by atoms with E-state index in [0.717, 1.165) is 4.90 Å². The van der Waals surface area contributed by atoms with Crippen molar-refractivity contribution in [3.63, 3.8) is 0 Å². The summed E-state index contributed by atoms with van der Waals surface area (Å²) < 4.78 is 4.42. The van der Waals surface area contributed by atoms with Crippen molar-refractivity contribution in [3.8, 4) is 0 Å². The van der Waals surface area contributed by atoms with Gasteiger partial charge in [0.15, 0.2) is 0 Å². The standard InChI is InChI=1S/C8H12N2O4/c1-6(11)10-4-3-9(8(10)13)5-7(12)14-2/h3-5H2,1-2H3. The van der Waals surface area contributed by atoms with Gasteiger partial charge in [-0.2, -0.15) is 0 Å². The molecule has 0 aromatic rings. The number of carbonyl (C=O) groups is 3. The molecule has 0 N–H and O–H groups in total. The van der Waals surface area contributed by atoms with Crippen LogP contribution in [0.2, 0.25) is 0 Å². The van der Waals surface area contributed by atoms with Gasteiger partial charge in [-0.1, -0.05) is 0 Å². The average molecular weight is 200 g/mol. The molecule has 0 aromatic carbocycles. The fourth-order valence-electron chi connectivity index (χ4n) is 1.24. The number of hydrogen-bond donors (Lipinski definition) is 0. The van der Waals surface area contributed by atoms with E-state index >= 15 is 0 Å². The molecule has 3 amide bonds. The Kier molecular flexibility index (Phi) is 3.06. The Labute approximate surface area is 81.4 Å². The largest absolute Gasteiger partial charge is 0.468 e. The van der Waals surface area contributed by atoms with E-state index < -0.39 is 12.0 Å². The second-order valence-corrected chi connectivity index (χ2v) is 2.95. The first-order valence-electron chi connectivity index (χ1n) is 4.20. The fourth-order valence-corrected chi connectivity index (χ4v) is 1.24. The van der Waals surface area contributed by atoms with E-state index in [1.165, 1.54) is 18.9 Å². The summed E-state index contributed by atoms with van der Waals surface area (Å²) in [4.78, 5) is 35.6. The topological polar surface area (TPSA) is 66.9 Å². The predicted octanol–water partition coefficient (Wildman–Crippen LogP) is -0.557. The highest BCUT2D eigenvalue weighted by atomic mass is 16.5. The van der Waals surface area contributed by atoms with Gasteiger partial charge in [-0.05, 0) is 0 Å². The number of rotatable bonds is 2. The quantitative estimate of drug-likeness (QED) is 0.560. The smallest absolute Gasteiger partial charge is 0.327 e. The van der Waals surface area contributed by atoms with Crippen LogP contribution in [0.5, 0.6) is 0 Å². The van der Waals surface area contributed by atoms with Crippen LogP contribution in [0.1, 0.15) is 6.92 Å². The van der Waals surface area contributed by atoms with Crippen LogP contribution in [0.3, 0.4) is 0 Å². The average Bonchev–Trinajstić information content (AvgIpc) is 2.48. The van der Waals surface area contributed by atoms with E-state index in [-0.39, 0.29) is 12.5 Å². The maximum absolute atomic E-state index is 11.4. The number of amides is 3. The highest BCUT2D eigenvalue weighted by molar-refractivity contribution is 5.95. The highest BCUT2D eigenvalue weighted by Gasteiger charge is 2.32. The minimum absolute atomic E-state index is 0.0981. The molecule has 1 aliphatic heterocycles. The molecule has 78 valence electrons. The van der Waals surface area contributed by atoms with Crippen molar-refractivity contribution in [3.05, 3.63) is 0 Å². The first-order valence-corrected chi connectivity index (χ1v) is 4.20. The Balaban J connectivity index is 2.56. The molecule has 0 radical (unpaired) electrons. The Bertz CT molecular complexity index is 277. The van der Waals surface area contributed by atoms with E-state index in [0.29, 0.717) is 13.1 Å². The molecule has 1 fully saturated rings. The summed E-state index contributed by atoms with van der Waals surface area (Å²) in [5, 5.41) is 0.